The summed E-state index contributed by atoms with van der Waals surface area (Å²) >= 11 is 5.45. The molecular weight excluding hydrogens is 272 g/mol. The molecule has 1 aromatic heterocycles. The maximum atomic E-state index is 4.29. The van der Waals surface area contributed by atoms with Crippen molar-refractivity contribution in [1.82, 2.24) is 4.98 Å². The number of aryl methyl sites for hydroxylation is 1. The van der Waals surface area contributed by atoms with Crippen molar-refractivity contribution in [2.24, 2.45) is 0 Å². The number of rotatable bonds is 2. The third kappa shape index (κ3) is 2.67. The van der Waals surface area contributed by atoms with Crippen LogP contribution < -0.4 is 5.32 Å². The predicted octanol–water partition coefficient (Wildman–Crippen LogP) is 3.46. The minimum Gasteiger partial charge on any atom is -0.380 e. The summed E-state index contributed by atoms with van der Waals surface area (Å²) in [6, 6.07) is 2.74. The van der Waals surface area contributed by atoms with Gasteiger partial charge in [-0.25, -0.2) is 4.98 Å². The molecule has 0 spiro atoms. The standard InChI is InChI=1S/C11H15BrN2S/c1-7-5-9(6-13-11(7)12)14-10-3-4-15-8(10)2/h5-6,8,10,14H,3-4H2,1-2H3. The topological polar surface area (TPSA) is 24.9 Å². The summed E-state index contributed by atoms with van der Waals surface area (Å²) in [6.07, 6.45) is 3.15. The molecule has 1 aliphatic heterocycles. The monoisotopic (exact) mass is 286 g/mol. The highest BCUT2D eigenvalue weighted by molar-refractivity contribution is 9.10. The molecule has 0 aromatic carbocycles. The van der Waals surface area contributed by atoms with Crippen LogP contribution >= 0.6 is 27.7 Å². The van der Waals surface area contributed by atoms with Crippen molar-refractivity contribution in [3.8, 4) is 0 Å². The van der Waals surface area contributed by atoms with Gasteiger partial charge in [-0.1, -0.05) is 6.92 Å². The van der Waals surface area contributed by atoms with Gasteiger partial charge in [0.2, 0.25) is 0 Å². The number of hydrogen-bond acceptors (Lipinski definition) is 3. The second-order valence-electron chi connectivity index (χ2n) is 3.95. The fraction of sp³-hybridized carbons (Fsp3) is 0.545. The predicted molar refractivity (Wildman–Crippen MR) is 70.6 cm³/mol. The van der Waals surface area contributed by atoms with E-state index in [1.807, 2.05) is 18.0 Å². The van der Waals surface area contributed by atoms with Gasteiger partial charge in [0, 0.05) is 11.3 Å². The maximum absolute atomic E-state index is 4.29. The first-order chi connectivity index (χ1) is 7.16. The molecule has 2 rings (SSSR count). The van der Waals surface area contributed by atoms with Crippen molar-refractivity contribution in [2.45, 2.75) is 31.6 Å². The summed E-state index contributed by atoms with van der Waals surface area (Å²) < 4.78 is 0.932. The normalized spacial score (nSPS) is 25.5. The molecule has 2 atom stereocenters. The summed E-state index contributed by atoms with van der Waals surface area (Å²) in [6.45, 7) is 4.35. The van der Waals surface area contributed by atoms with Crippen LogP contribution in [0.4, 0.5) is 5.69 Å². The number of pyridine rings is 1. The van der Waals surface area contributed by atoms with Crippen molar-refractivity contribution in [1.29, 1.82) is 0 Å². The molecule has 1 fully saturated rings. The van der Waals surface area contributed by atoms with Crippen LogP contribution in [0.2, 0.25) is 0 Å². The van der Waals surface area contributed by atoms with Gasteiger partial charge in [0.25, 0.3) is 0 Å². The van der Waals surface area contributed by atoms with Crippen LogP contribution in [-0.2, 0) is 0 Å². The number of halogens is 1. The lowest BCUT2D eigenvalue weighted by molar-refractivity contribution is 0.723. The first kappa shape index (κ1) is 11.3. The zero-order valence-electron chi connectivity index (χ0n) is 8.96. The second-order valence-corrected chi connectivity index (χ2v) is 6.18. The highest BCUT2D eigenvalue weighted by atomic mass is 79.9. The van der Waals surface area contributed by atoms with E-state index in [-0.39, 0.29) is 0 Å². The third-order valence-corrected chi connectivity index (χ3v) is 4.90. The van der Waals surface area contributed by atoms with Crippen LogP contribution in [-0.4, -0.2) is 22.0 Å². The number of nitrogens with one attached hydrogen (secondary N) is 1. The van der Waals surface area contributed by atoms with Crippen LogP contribution in [0.3, 0.4) is 0 Å². The summed E-state index contributed by atoms with van der Waals surface area (Å²) in [7, 11) is 0. The van der Waals surface area contributed by atoms with Gasteiger partial charge in [-0.3, -0.25) is 0 Å². The van der Waals surface area contributed by atoms with Gasteiger partial charge in [-0.2, -0.15) is 11.8 Å². The average molecular weight is 287 g/mol. The molecule has 1 aliphatic rings. The quantitative estimate of drug-likeness (QED) is 0.843. The highest BCUT2D eigenvalue weighted by Gasteiger charge is 2.23. The number of hydrogen-bond donors (Lipinski definition) is 1. The molecule has 0 amide bonds. The molecule has 1 saturated heterocycles. The molecule has 0 saturated carbocycles. The lowest BCUT2D eigenvalue weighted by Gasteiger charge is -2.18. The molecule has 0 radical (unpaired) electrons. The number of aromatic nitrogens is 1. The lowest BCUT2D eigenvalue weighted by Crippen LogP contribution is -2.24. The minimum atomic E-state index is 0.595. The van der Waals surface area contributed by atoms with Crippen LogP contribution in [0.1, 0.15) is 18.9 Å². The van der Waals surface area contributed by atoms with E-state index in [4.69, 9.17) is 0 Å². The first-order valence-electron chi connectivity index (χ1n) is 5.17. The lowest BCUT2D eigenvalue weighted by atomic mass is 10.1. The zero-order chi connectivity index (χ0) is 10.8. The Morgan fingerprint density at radius 2 is 2.40 bits per heavy atom. The Labute approximate surface area is 103 Å². The van der Waals surface area contributed by atoms with Gasteiger partial charge in [-0.15, -0.1) is 0 Å². The van der Waals surface area contributed by atoms with E-state index < -0.39 is 0 Å². The fourth-order valence-electron chi connectivity index (χ4n) is 1.77. The summed E-state index contributed by atoms with van der Waals surface area (Å²) in [5.41, 5.74) is 2.31. The summed E-state index contributed by atoms with van der Waals surface area (Å²) in [5, 5.41) is 4.26. The van der Waals surface area contributed by atoms with Gasteiger partial charge in [0.15, 0.2) is 0 Å². The Kier molecular flexibility index (Phi) is 3.57. The largest absolute Gasteiger partial charge is 0.380 e. The van der Waals surface area contributed by atoms with Crippen molar-refractivity contribution < 1.29 is 0 Å². The molecule has 1 aromatic rings. The second kappa shape index (κ2) is 4.74. The van der Waals surface area contributed by atoms with E-state index in [1.165, 1.54) is 17.7 Å². The van der Waals surface area contributed by atoms with E-state index >= 15 is 0 Å². The highest BCUT2D eigenvalue weighted by Crippen LogP contribution is 2.29. The van der Waals surface area contributed by atoms with E-state index in [9.17, 15) is 0 Å². The van der Waals surface area contributed by atoms with Gasteiger partial charge >= 0.3 is 0 Å². The Hall–Kier alpha value is -0.220. The van der Waals surface area contributed by atoms with Crippen molar-refractivity contribution in [3.05, 3.63) is 22.4 Å². The Balaban J connectivity index is 2.07. The van der Waals surface area contributed by atoms with Crippen molar-refractivity contribution in [3.63, 3.8) is 0 Å². The molecule has 15 heavy (non-hydrogen) atoms. The summed E-state index contributed by atoms with van der Waals surface area (Å²) in [4.78, 5) is 4.29. The molecule has 82 valence electrons. The molecule has 2 unspecified atom stereocenters. The molecule has 4 heteroatoms. The number of anilines is 1. The Morgan fingerprint density at radius 3 is 3.00 bits per heavy atom. The number of nitrogens with zero attached hydrogens (tertiary/aromatic N) is 1. The van der Waals surface area contributed by atoms with Crippen molar-refractivity contribution in [2.75, 3.05) is 11.1 Å². The van der Waals surface area contributed by atoms with Crippen molar-refractivity contribution >= 4 is 33.4 Å². The van der Waals surface area contributed by atoms with Crippen LogP contribution in [0.15, 0.2) is 16.9 Å². The van der Waals surface area contributed by atoms with Gasteiger partial charge in [0.05, 0.1) is 11.9 Å². The first-order valence-corrected chi connectivity index (χ1v) is 7.01. The molecule has 2 heterocycles. The Morgan fingerprint density at radius 1 is 1.60 bits per heavy atom. The maximum Gasteiger partial charge on any atom is 0.109 e. The Bertz CT molecular complexity index is 356. The van der Waals surface area contributed by atoms with E-state index in [1.54, 1.807) is 0 Å². The smallest absolute Gasteiger partial charge is 0.109 e. The van der Waals surface area contributed by atoms with Gasteiger partial charge < -0.3 is 5.32 Å². The molecule has 0 aliphatic carbocycles. The summed E-state index contributed by atoms with van der Waals surface area (Å²) in [5.74, 6) is 1.27. The van der Waals surface area contributed by atoms with Crippen LogP contribution in [0.25, 0.3) is 0 Å². The molecule has 1 N–H and O–H groups in total. The van der Waals surface area contributed by atoms with Crippen LogP contribution in [0.5, 0.6) is 0 Å². The number of thioether (sulfide) groups is 1. The SMILES string of the molecule is Cc1cc(NC2CCSC2C)cnc1Br. The minimum absolute atomic E-state index is 0.595. The van der Waals surface area contributed by atoms with E-state index in [0.717, 1.165) is 10.3 Å². The van der Waals surface area contributed by atoms with E-state index in [2.05, 4.69) is 46.1 Å². The molecule has 0 bridgehead atoms. The fourth-order valence-corrected chi connectivity index (χ4v) is 3.19. The third-order valence-electron chi connectivity index (χ3n) is 2.74. The molecule has 2 nitrogen and oxygen atoms in total. The average Bonchev–Trinajstić information content (AvgIpc) is 2.59. The zero-order valence-corrected chi connectivity index (χ0v) is 11.4. The van der Waals surface area contributed by atoms with E-state index in [0.29, 0.717) is 11.3 Å². The van der Waals surface area contributed by atoms with Gasteiger partial charge in [-0.05, 0) is 46.7 Å². The van der Waals surface area contributed by atoms with Crippen LogP contribution in [0, 0.1) is 6.92 Å². The van der Waals surface area contributed by atoms with Gasteiger partial charge in [0.1, 0.15) is 4.60 Å². The molecular formula is C11H15BrN2S.